The number of fused-ring (bicyclic) bond motifs is 1. The van der Waals surface area contributed by atoms with Crippen LogP contribution in [0.1, 0.15) is 44.1 Å². The Kier molecular flexibility index (Phi) is 2.49. The summed E-state index contributed by atoms with van der Waals surface area (Å²) in [6.45, 7) is 6.29. The largest absolute Gasteiger partial charge is 0.324 e. The van der Waals surface area contributed by atoms with E-state index in [0.717, 1.165) is 16.9 Å². The average Bonchev–Trinajstić information content (AvgIpc) is 2.59. The number of pyridine rings is 1. The van der Waals surface area contributed by atoms with Crippen LogP contribution in [0, 0.1) is 0 Å². The smallest absolute Gasteiger partial charge is 0.115 e. The molecule has 15 heavy (non-hydrogen) atoms. The van der Waals surface area contributed by atoms with Crippen LogP contribution in [-0.2, 0) is 0 Å². The average molecular weight is 203 g/mol. The van der Waals surface area contributed by atoms with Crippen molar-refractivity contribution >= 4 is 5.52 Å². The molecule has 3 nitrogen and oxygen atoms in total. The highest BCUT2D eigenvalue weighted by Crippen LogP contribution is 2.18. The SMILES string of the molecule is CC(C)c1ncc2cc(C(C)N)ccn12. The van der Waals surface area contributed by atoms with Gasteiger partial charge in [-0.2, -0.15) is 0 Å². The van der Waals surface area contributed by atoms with Gasteiger partial charge in [0.2, 0.25) is 0 Å². The molecule has 0 aliphatic heterocycles. The van der Waals surface area contributed by atoms with Gasteiger partial charge in [0.15, 0.2) is 0 Å². The minimum atomic E-state index is 0.0763. The standard InChI is InChI=1S/C12H17N3/c1-8(2)12-14-7-11-6-10(9(3)13)4-5-15(11)12/h4-9H,13H2,1-3H3. The second kappa shape index (κ2) is 3.66. The third-order valence-corrected chi connectivity index (χ3v) is 2.63. The van der Waals surface area contributed by atoms with Crippen molar-refractivity contribution in [1.82, 2.24) is 9.38 Å². The number of aromatic nitrogens is 2. The Morgan fingerprint density at radius 2 is 2.07 bits per heavy atom. The van der Waals surface area contributed by atoms with Crippen LogP contribution in [0.2, 0.25) is 0 Å². The Bertz CT molecular complexity index is 469. The summed E-state index contributed by atoms with van der Waals surface area (Å²) in [6, 6.07) is 4.24. The van der Waals surface area contributed by atoms with E-state index < -0.39 is 0 Å². The molecule has 0 amide bonds. The minimum Gasteiger partial charge on any atom is -0.324 e. The first-order chi connectivity index (χ1) is 7.09. The fourth-order valence-electron chi connectivity index (χ4n) is 1.75. The maximum atomic E-state index is 5.84. The van der Waals surface area contributed by atoms with Crippen molar-refractivity contribution < 1.29 is 0 Å². The zero-order chi connectivity index (χ0) is 11.0. The summed E-state index contributed by atoms with van der Waals surface area (Å²) in [7, 11) is 0. The molecule has 0 saturated heterocycles. The predicted molar refractivity (Wildman–Crippen MR) is 61.9 cm³/mol. The van der Waals surface area contributed by atoms with Gasteiger partial charge in [0.05, 0.1) is 11.7 Å². The molecule has 2 heterocycles. The summed E-state index contributed by atoms with van der Waals surface area (Å²) in [4.78, 5) is 4.42. The highest BCUT2D eigenvalue weighted by Gasteiger charge is 2.08. The predicted octanol–water partition coefficient (Wildman–Crippen LogP) is 2.48. The van der Waals surface area contributed by atoms with E-state index in [4.69, 9.17) is 5.73 Å². The van der Waals surface area contributed by atoms with Crippen LogP contribution >= 0.6 is 0 Å². The first-order valence-electron chi connectivity index (χ1n) is 5.32. The van der Waals surface area contributed by atoms with Crippen molar-refractivity contribution in [3.05, 3.63) is 35.9 Å². The molecule has 80 valence electrons. The van der Waals surface area contributed by atoms with Crippen molar-refractivity contribution in [2.24, 2.45) is 5.73 Å². The number of imidazole rings is 1. The topological polar surface area (TPSA) is 43.3 Å². The normalized spacial score (nSPS) is 13.7. The molecular formula is C12H17N3. The number of rotatable bonds is 2. The molecule has 2 rings (SSSR count). The van der Waals surface area contributed by atoms with E-state index in [1.807, 2.05) is 13.1 Å². The van der Waals surface area contributed by atoms with Crippen LogP contribution in [-0.4, -0.2) is 9.38 Å². The van der Waals surface area contributed by atoms with Gasteiger partial charge in [0.1, 0.15) is 5.82 Å². The molecule has 0 aliphatic rings. The molecule has 1 atom stereocenters. The quantitative estimate of drug-likeness (QED) is 0.814. The van der Waals surface area contributed by atoms with Crippen LogP contribution in [0.4, 0.5) is 0 Å². The van der Waals surface area contributed by atoms with Crippen LogP contribution in [0.3, 0.4) is 0 Å². The van der Waals surface area contributed by atoms with Gasteiger partial charge in [-0.25, -0.2) is 4.98 Å². The van der Waals surface area contributed by atoms with Crippen LogP contribution in [0.5, 0.6) is 0 Å². The summed E-state index contributed by atoms with van der Waals surface area (Å²) in [5.41, 5.74) is 8.11. The first kappa shape index (κ1) is 10.2. The van der Waals surface area contributed by atoms with Crippen LogP contribution < -0.4 is 5.73 Å². The number of nitrogens with zero attached hydrogens (tertiary/aromatic N) is 2. The highest BCUT2D eigenvalue weighted by molar-refractivity contribution is 5.49. The Hall–Kier alpha value is -1.35. The van der Waals surface area contributed by atoms with E-state index in [-0.39, 0.29) is 6.04 Å². The lowest BCUT2D eigenvalue weighted by Gasteiger charge is -2.08. The first-order valence-corrected chi connectivity index (χ1v) is 5.32. The Labute approximate surface area is 89.9 Å². The Balaban J connectivity index is 2.57. The Morgan fingerprint density at radius 3 is 2.67 bits per heavy atom. The molecule has 0 aromatic carbocycles. The van der Waals surface area contributed by atoms with Gasteiger partial charge < -0.3 is 10.1 Å². The molecule has 0 spiro atoms. The molecule has 3 heteroatoms. The lowest BCUT2D eigenvalue weighted by atomic mass is 10.1. The molecule has 2 aromatic rings. The van der Waals surface area contributed by atoms with E-state index >= 15 is 0 Å². The maximum absolute atomic E-state index is 5.84. The van der Waals surface area contributed by atoms with Gasteiger partial charge in [-0.15, -0.1) is 0 Å². The van der Waals surface area contributed by atoms with Gasteiger partial charge in [-0.1, -0.05) is 13.8 Å². The second-order valence-electron chi connectivity index (χ2n) is 4.31. The molecule has 0 bridgehead atoms. The number of hydrogen-bond donors (Lipinski definition) is 1. The zero-order valence-corrected chi connectivity index (χ0v) is 9.44. The zero-order valence-electron chi connectivity index (χ0n) is 9.44. The highest BCUT2D eigenvalue weighted by atomic mass is 15.0. The van der Waals surface area contributed by atoms with Crippen LogP contribution in [0.15, 0.2) is 24.5 Å². The molecule has 2 aromatic heterocycles. The van der Waals surface area contributed by atoms with E-state index in [9.17, 15) is 0 Å². The van der Waals surface area contributed by atoms with Crippen LogP contribution in [0.25, 0.3) is 5.52 Å². The van der Waals surface area contributed by atoms with E-state index in [1.165, 1.54) is 0 Å². The number of nitrogens with two attached hydrogens (primary N) is 1. The third-order valence-electron chi connectivity index (χ3n) is 2.63. The van der Waals surface area contributed by atoms with E-state index in [0.29, 0.717) is 5.92 Å². The molecular weight excluding hydrogens is 186 g/mol. The molecule has 0 fully saturated rings. The third kappa shape index (κ3) is 1.75. The van der Waals surface area contributed by atoms with Crippen molar-refractivity contribution in [3.63, 3.8) is 0 Å². The minimum absolute atomic E-state index is 0.0763. The molecule has 2 N–H and O–H groups in total. The van der Waals surface area contributed by atoms with Crippen molar-refractivity contribution in [2.75, 3.05) is 0 Å². The maximum Gasteiger partial charge on any atom is 0.115 e. The van der Waals surface area contributed by atoms with Gasteiger partial charge in [0.25, 0.3) is 0 Å². The molecule has 0 aliphatic carbocycles. The van der Waals surface area contributed by atoms with Crippen molar-refractivity contribution in [1.29, 1.82) is 0 Å². The summed E-state index contributed by atoms with van der Waals surface area (Å²) in [5.74, 6) is 1.54. The Morgan fingerprint density at radius 1 is 1.33 bits per heavy atom. The van der Waals surface area contributed by atoms with E-state index in [1.54, 1.807) is 0 Å². The summed E-state index contributed by atoms with van der Waals surface area (Å²) < 4.78 is 2.12. The number of hydrogen-bond acceptors (Lipinski definition) is 2. The van der Waals surface area contributed by atoms with Gasteiger partial charge in [-0.3, -0.25) is 0 Å². The molecule has 0 radical (unpaired) electrons. The molecule has 1 unspecified atom stereocenters. The monoisotopic (exact) mass is 203 g/mol. The van der Waals surface area contributed by atoms with E-state index in [2.05, 4.69) is 41.6 Å². The fraction of sp³-hybridized carbons (Fsp3) is 0.417. The summed E-state index contributed by atoms with van der Waals surface area (Å²) in [5, 5.41) is 0. The summed E-state index contributed by atoms with van der Waals surface area (Å²) in [6.07, 6.45) is 3.96. The summed E-state index contributed by atoms with van der Waals surface area (Å²) >= 11 is 0. The molecule has 0 saturated carbocycles. The lowest BCUT2D eigenvalue weighted by molar-refractivity contribution is 0.766. The second-order valence-corrected chi connectivity index (χ2v) is 4.31. The lowest BCUT2D eigenvalue weighted by Crippen LogP contribution is -2.05. The van der Waals surface area contributed by atoms with Gasteiger partial charge in [0, 0.05) is 18.2 Å². The van der Waals surface area contributed by atoms with Crippen molar-refractivity contribution in [3.8, 4) is 0 Å². The van der Waals surface area contributed by atoms with Crippen molar-refractivity contribution in [2.45, 2.75) is 32.7 Å². The van der Waals surface area contributed by atoms with Gasteiger partial charge in [-0.05, 0) is 24.6 Å². The van der Waals surface area contributed by atoms with Gasteiger partial charge >= 0.3 is 0 Å². The fourth-order valence-corrected chi connectivity index (χ4v) is 1.75.